The first-order chi connectivity index (χ1) is 27.0. The molecule has 1 saturated carbocycles. The molecular weight excluding hydrogens is 739 g/mol. The van der Waals surface area contributed by atoms with Crippen molar-refractivity contribution in [2.75, 3.05) is 19.8 Å². The molecule has 12 nitrogen and oxygen atoms in total. The van der Waals surface area contributed by atoms with Gasteiger partial charge in [0.25, 0.3) is 0 Å². The van der Waals surface area contributed by atoms with E-state index < -0.39 is 63.1 Å². The van der Waals surface area contributed by atoms with E-state index in [1.165, 1.54) is 89.9 Å². The number of phosphoric acid groups is 1. The van der Waals surface area contributed by atoms with Gasteiger partial charge in [0.05, 0.1) is 13.2 Å². The molecule has 6 unspecified atom stereocenters. The van der Waals surface area contributed by atoms with E-state index in [1.54, 1.807) is 0 Å². The number of hydrogen-bond donors (Lipinski definition) is 6. The lowest BCUT2D eigenvalue weighted by Gasteiger charge is -2.41. The number of phosphoric ester groups is 1. The Hall–Kier alpha value is -1.18. The number of hydrogen-bond acceptors (Lipinski definition) is 11. The van der Waals surface area contributed by atoms with Crippen molar-refractivity contribution in [3.8, 4) is 0 Å². The average molecular weight is 821 g/mol. The average Bonchev–Trinajstić information content (AvgIpc) is 3.18. The molecule has 13 heteroatoms. The van der Waals surface area contributed by atoms with E-state index in [-0.39, 0.29) is 13.0 Å². The van der Waals surface area contributed by atoms with Crippen LogP contribution in [0.4, 0.5) is 0 Å². The van der Waals surface area contributed by atoms with Crippen LogP contribution in [0.3, 0.4) is 0 Å². The molecule has 0 aliphatic heterocycles. The highest BCUT2D eigenvalue weighted by molar-refractivity contribution is 7.47. The van der Waals surface area contributed by atoms with Gasteiger partial charge in [-0.1, -0.05) is 141 Å². The molecule has 1 fully saturated rings. The van der Waals surface area contributed by atoms with Gasteiger partial charge in [-0.2, -0.15) is 0 Å². The van der Waals surface area contributed by atoms with Crippen molar-refractivity contribution < 1.29 is 58.3 Å². The minimum atomic E-state index is -5.01. The molecular formula is C43H81O12P. The minimum Gasteiger partial charge on any atom is -0.457 e. The highest BCUT2D eigenvalue weighted by Crippen LogP contribution is 2.47. The standard InChI is InChI=1S/C43H81O12P/c1-3-5-7-9-11-13-15-17-18-19-20-21-22-24-26-28-30-32-37(44)54-36(34-52-33-31-29-27-25-23-16-14-12-10-8-6-4-2)35-53-56(50,51)55-43-41(48)39(46)38(45)40(47)42(43)49/h10,12,17-18,36,38-43,45-49H,3-9,11,13-16,19-35H2,1-2H3,(H,50,51)/b12-10-,18-17-. The van der Waals surface area contributed by atoms with Crippen LogP contribution in [0, 0.1) is 0 Å². The topological polar surface area (TPSA) is 192 Å². The van der Waals surface area contributed by atoms with Gasteiger partial charge in [-0.3, -0.25) is 13.8 Å². The highest BCUT2D eigenvalue weighted by atomic mass is 31.2. The summed E-state index contributed by atoms with van der Waals surface area (Å²) in [6.07, 6.45) is 25.3. The Morgan fingerprint density at radius 3 is 1.46 bits per heavy atom. The van der Waals surface area contributed by atoms with E-state index in [2.05, 4.69) is 38.2 Å². The molecule has 0 radical (unpaired) electrons. The Kier molecular flexibility index (Phi) is 32.7. The molecule has 1 aliphatic carbocycles. The molecule has 0 aromatic rings. The summed E-state index contributed by atoms with van der Waals surface area (Å²) in [4.78, 5) is 23.1. The van der Waals surface area contributed by atoms with Crippen LogP contribution in [-0.4, -0.2) is 98.9 Å². The van der Waals surface area contributed by atoms with E-state index >= 15 is 0 Å². The third-order valence-corrected chi connectivity index (χ3v) is 11.3. The molecule has 56 heavy (non-hydrogen) atoms. The van der Waals surface area contributed by atoms with Crippen molar-refractivity contribution in [3.63, 3.8) is 0 Å². The van der Waals surface area contributed by atoms with E-state index in [9.17, 15) is 39.8 Å². The first-order valence-electron chi connectivity index (χ1n) is 22.2. The molecule has 0 aromatic heterocycles. The van der Waals surface area contributed by atoms with Crippen LogP contribution in [-0.2, 0) is 27.9 Å². The van der Waals surface area contributed by atoms with Gasteiger partial charge in [-0.05, 0) is 57.8 Å². The zero-order valence-electron chi connectivity index (χ0n) is 34.9. The second-order valence-electron chi connectivity index (χ2n) is 15.5. The van der Waals surface area contributed by atoms with Crippen molar-refractivity contribution in [1.82, 2.24) is 0 Å². The molecule has 1 rings (SSSR count). The Labute approximate surface area is 339 Å². The lowest BCUT2D eigenvalue weighted by molar-refractivity contribution is -0.220. The summed E-state index contributed by atoms with van der Waals surface area (Å²) in [6, 6.07) is 0. The normalized spacial score (nSPS) is 23.2. The van der Waals surface area contributed by atoms with Crippen LogP contribution >= 0.6 is 7.82 Å². The Bertz CT molecular complexity index is 1030. The van der Waals surface area contributed by atoms with Gasteiger partial charge in [0, 0.05) is 13.0 Å². The number of carbonyl (C=O) groups excluding carboxylic acids is 1. The van der Waals surface area contributed by atoms with Gasteiger partial charge >= 0.3 is 13.8 Å². The largest absolute Gasteiger partial charge is 0.472 e. The molecule has 0 amide bonds. The number of carbonyl (C=O) groups is 1. The third kappa shape index (κ3) is 26.7. The van der Waals surface area contributed by atoms with Crippen molar-refractivity contribution >= 4 is 13.8 Å². The number of ether oxygens (including phenoxy) is 2. The summed E-state index contributed by atoms with van der Waals surface area (Å²) >= 11 is 0. The molecule has 6 atom stereocenters. The first-order valence-corrected chi connectivity index (χ1v) is 23.7. The van der Waals surface area contributed by atoms with Crippen LogP contribution < -0.4 is 0 Å². The van der Waals surface area contributed by atoms with Crippen LogP contribution in [0.25, 0.3) is 0 Å². The molecule has 0 aromatic carbocycles. The van der Waals surface area contributed by atoms with E-state index in [0.717, 1.165) is 64.2 Å². The molecule has 0 spiro atoms. The number of esters is 1. The second-order valence-corrected chi connectivity index (χ2v) is 16.9. The van der Waals surface area contributed by atoms with E-state index in [0.29, 0.717) is 13.0 Å². The summed E-state index contributed by atoms with van der Waals surface area (Å²) in [5.41, 5.74) is 0. The Morgan fingerprint density at radius 1 is 0.554 bits per heavy atom. The predicted molar refractivity (Wildman–Crippen MR) is 221 cm³/mol. The Balaban J connectivity index is 2.41. The summed E-state index contributed by atoms with van der Waals surface area (Å²) in [5.74, 6) is -0.484. The van der Waals surface area contributed by atoms with Crippen molar-refractivity contribution in [2.45, 2.75) is 224 Å². The smallest absolute Gasteiger partial charge is 0.457 e. The van der Waals surface area contributed by atoms with E-state index in [4.69, 9.17) is 18.5 Å². The highest BCUT2D eigenvalue weighted by Gasteiger charge is 2.51. The van der Waals surface area contributed by atoms with Crippen molar-refractivity contribution in [1.29, 1.82) is 0 Å². The lowest BCUT2D eigenvalue weighted by Crippen LogP contribution is -2.64. The van der Waals surface area contributed by atoms with Crippen LogP contribution in [0.5, 0.6) is 0 Å². The second kappa shape index (κ2) is 34.7. The van der Waals surface area contributed by atoms with Gasteiger partial charge in [0.1, 0.15) is 42.7 Å². The number of aliphatic hydroxyl groups is 5. The monoisotopic (exact) mass is 821 g/mol. The number of allylic oxidation sites excluding steroid dienone is 4. The fraction of sp³-hybridized carbons (Fsp3) is 0.884. The minimum absolute atomic E-state index is 0.0807. The third-order valence-electron chi connectivity index (χ3n) is 10.3. The van der Waals surface area contributed by atoms with Crippen LogP contribution in [0.15, 0.2) is 24.3 Å². The lowest BCUT2D eigenvalue weighted by atomic mass is 9.85. The van der Waals surface area contributed by atoms with Crippen molar-refractivity contribution in [2.24, 2.45) is 0 Å². The molecule has 330 valence electrons. The zero-order chi connectivity index (χ0) is 41.3. The maximum Gasteiger partial charge on any atom is 0.472 e. The van der Waals surface area contributed by atoms with E-state index in [1.807, 2.05) is 0 Å². The fourth-order valence-electron chi connectivity index (χ4n) is 6.68. The van der Waals surface area contributed by atoms with Crippen LogP contribution in [0.2, 0.25) is 0 Å². The number of rotatable bonds is 37. The molecule has 0 saturated heterocycles. The summed E-state index contributed by atoms with van der Waals surface area (Å²) in [6.45, 7) is 4.20. The molecule has 0 heterocycles. The summed E-state index contributed by atoms with van der Waals surface area (Å²) < 4.78 is 34.1. The van der Waals surface area contributed by atoms with Gasteiger partial charge in [-0.15, -0.1) is 0 Å². The zero-order valence-corrected chi connectivity index (χ0v) is 35.8. The fourth-order valence-corrected chi connectivity index (χ4v) is 7.66. The Morgan fingerprint density at radius 2 is 0.964 bits per heavy atom. The van der Waals surface area contributed by atoms with Gasteiger partial charge in [0.15, 0.2) is 0 Å². The van der Waals surface area contributed by atoms with Gasteiger partial charge < -0.3 is 39.9 Å². The molecule has 6 N–H and O–H groups in total. The molecule has 0 bridgehead atoms. The van der Waals surface area contributed by atoms with Gasteiger partial charge in [0.2, 0.25) is 0 Å². The van der Waals surface area contributed by atoms with Crippen molar-refractivity contribution in [3.05, 3.63) is 24.3 Å². The predicted octanol–water partition coefficient (Wildman–Crippen LogP) is 8.53. The quantitative estimate of drug-likeness (QED) is 0.0152. The summed E-state index contributed by atoms with van der Waals surface area (Å²) in [7, 11) is -5.01. The SMILES string of the molecule is CCCC/C=C\CCCCCCCCOCC(COP(=O)(O)OC1C(O)C(O)C(O)C(O)C1O)OC(=O)CCCCCCCCC/C=C\CCCCCCCC. The van der Waals surface area contributed by atoms with Crippen LogP contribution in [0.1, 0.15) is 181 Å². The maximum atomic E-state index is 12.8. The molecule has 1 aliphatic rings. The first kappa shape index (κ1) is 52.8. The summed E-state index contributed by atoms with van der Waals surface area (Å²) in [5, 5.41) is 50.1. The van der Waals surface area contributed by atoms with Gasteiger partial charge in [-0.25, -0.2) is 4.57 Å². The number of aliphatic hydroxyl groups excluding tert-OH is 5. The maximum absolute atomic E-state index is 12.8. The number of unbranched alkanes of at least 4 members (excludes halogenated alkanes) is 21.